The molecule has 0 spiro atoms. The Hall–Kier alpha value is -1.02. The van der Waals surface area contributed by atoms with Crippen LogP contribution in [0.2, 0.25) is 10.0 Å². The minimum atomic E-state index is -3.14. The van der Waals surface area contributed by atoms with Gasteiger partial charge in [-0.15, -0.1) is 0 Å². The third kappa shape index (κ3) is 7.40. The fourth-order valence-electron chi connectivity index (χ4n) is 2.39. The maximum Gasteiger partial charge on any atom is 0.211 e. The van der Waals surface area contributed by atoms with Crippen LogP contribution in [-0.4, -0.2) is 63.6 Å². The van der Waals surface area contributed by atoms with Crippen LogP contribution in [0.1, 0.15) is 18.9 Å². The molecule has 142 valence electrons. The SMILES string of the molecule is CCN(CCCNC(=NC)N(C)Cc1ccc(Cl)c(Cl)c1)S(C)(=O)=O. The van der Waals surface area contributed by atoms with E-state index in [1.54, 1.807) is 13.1 Å². The molecular weight excluding hydrogens is 383 g/mol. The van der Waals surface area contributed by atoms with E-state index in [1.165, 1.54) is 10.6 Å². The summed E-state index contributed by atoms with van der Waals surface area (Å²) in [5, 5.41) is 4.30. The Kier molecular flexibility index (Phi) is 8.99. The number of guanidine groups is 1. The van der Waals surface area contributed by atoms with E-state index in [0.717, 1.165) is 11.5 Å². The summed E-state index contributed by atoms with van der Waals surface area (Å²) in [6.07, 6.45) is 1.93. The first kappa shape index (κ1) is 22.0. The Balaban J connectivity index is 2.51. The van der Waals surface area contributed by atoms with Gasteiger partial charge in [0, 0.05) is 40.3 Å². The van der Waals surface area contributed by atoms with Crippen LogP contribution in [0.25, 0.3) is 0 Å². The van der Waals surface area contributed by atoms with Crippen LogP contribution in [-0.2, 0) is 16.6 Å². The quantitative estimate of drug-likeness (QED) is 0.407. The lowest BCUT2D eigenvalue weighted by atomic mass is 10.2. The second-order valence-electron chi connectivity index (χ2n) is 5.69. The molecule has 0 unspecified atom stereocenters. The van der Waals surface area contributed by atoms with Gasteiger partial charge in [-0.2, -0.15) is 0 Å². The van der Waals surface area contributed by atoms with Crippen molar-refractivity contribution in [2.75, 3.05) is 40.0 Å². The smallest absolute Gasteiger partial charge is 0.211 e. The van der Waals surface area contributed by atoms with E-state index in [9.17, 15) is 8.42 Å². The van der Waals surface area contributed by atoms with Gasteiger partial charge in [0.05, 0.1) is 16.3 Å². The number of nitrogens with zero attached hydrogens (tertiary/aromatic N) is 3. The molecule has 0 aliphatic heterocycles. The van der Waals surface area contributed by atoms with Gasteiger partial charge >= 0.3 is 0 Å². The third-order valence-corrected chi connectivity index (χ3v) is 5.78. The van der Waals surface area contributed by atoms with Crippen molar-refractivity contribution < 1.29 is 8.42 Å². The van der Waals surface area contributed by atoms with Gasteiger partial charge in [-0.1, -0.05) is 36.2 Å². The first-order valence-electron chi connectivity index (χ1n) is 7.99. The predicted molar refractivity (Wildman–Crippen MR) is 106 cm³/mol. The van der Waals surface area contributed by atoms with E-state index >= 15 is 0 Å². The molecule has 0 aromatic heterocycles. The molecule has 0 amide bonds. The van der Waals surface area contributed by atoms with E-state index in [2.05, 4.69) is 10.3 Å². The lowest BCUT2D eigenvalue weighted by molar-refractivity contribution is 0.419. The second-order valence-corrected chi connectivity index (χ2v) is 8.48. The molecule has 0 heterocycles. The van der Waals surface area contributed by atoms with Crippen LogP contribution >= 0.6 is 23.2 Å². The van der Waals surface area contributed by atoms with Crippen molar-refractivity contribution in [1.29, 1.82) is 0 Å². The Morgan fingerprint density at radius 2 is 1.96 bits per heavy atom. The minimum Gasteiger partial charge on any atom is -0.356 e. The number of halogens is 2. The number of benzene rings is 1. The molecule has 25 heavy (non-hydrogen) atoms. The zero-order valence-corrected chi connectivity index (χ0v) is 17.4. The molecular formula is C16H26Cl2N4O2S. The zero-order valence-electron chi connectivity index (χ0n) is 15.1. The van der Waals surface area contributed by atoms with Crippen LogP contribution in [0.15, 0.2) is 23.2 Å². The molecule has 0 saturated carbocycles. The van der Waals surface area contributed by atoms with Crippen LogP contribution in [0, 0.1) is 0 Å². The van der Waals surface area contributed by atoms with Crippen LogP contribution in [0.4, 0.5) is 0 Å². The molecule has 0 atom stereocenters. The zero-order chi connectivity index (χ0) is 19.0. The molecule has 0 saturated heterocycles. The van der Waals surface area contributed by atoms with E-state index in [4.69, 9.17) is 23.2 Å². The fourth-order valence-corrected chi connectivity index (χ4v) is 3.64. The summed E-state index contributed by atoms with van der Waals surface area (Å²) in [5.74, 6) is 0.730. The average Bonchev–Trinajstić information content (AvgIpc) is 2.53. The first-order chi connectivity index (χ1) is 11.7. The number of hydrogen-bond donors (Lipinski definition) is 1. The third-order valence-electron chi connectivity index (χ3n) is 3.67. The van der Waals surface area contributed by atoms with Gasteiger partial charge in [-0.3, -0.25) is 4.99 Å². The topological polar surface area (TPSA) is 65.0 Å². The van der Waals surface area contributed by atoms with Gasteiger partial charge in [-0.25, -0.2) is 12.7 Å². The summed E-state index contributed by atoms with van der Waals surface area (Å²) in [4.78, 5) is 6.22. The number of sulfonamides is 1. The van der Waals surface area contributed by atoms with Crippen molar-refractivity contribution in [2.24, 2.45) is 4.99 Å². The number of nitrogens with one attached hydrogen (secondary N) is 1. The van der Waals surface area contributed by atoms with Crippen molar-refractivity contribution >= 4 is 39.2 Å². The fraction of sp³-hybridized carbons (Fsp3) is 0.562. The normalized spacial score (nSPS) is 12.5. The molecule has 1 rings (SSSR count). The van der Waals surface area contributed by atoms with Crippen molar-refractivity contribution in [1.82, 2.24) is 14.5 Å². The molecule has 6 nitrogen and oxygen atoms in total. The van der Waals surface area contributed by atoms with Gasteiger partial charge in [-0.05, 0) is 24.1 Å². The lowest BCUT2D eigenvalue weighted by Crippen LogP contribution is -2.40. The van der Waals surface area contributed by atoms with Gasteiger partial charge in [0.15, 0.2) is 5.96 Å². The molecule has 0 aliphatic rings. The molecule has 0 aliphatic carbocycles. The number of rotatable bonds is 8. The second kappa shape index (κ2) is 10.2. The van der Waals surface area contributed by atoms with Crippen molar-refractivity contribution in [3.05, 3.63) is 33.8 Å². The van der Waals surface area contributed by atoms with Crippen molar-refractivity contribution in [3.8, 4) is 0 Å². The van der Waals surface area contributed by atoms with Gasteiger partial charge in [0.25, 0.3) is 0 Å². The Morgan fingerprint density at radius 1 is 1.28 bits per heavy atom. The molecule has 0 fully saturated rings. The summed E-state index contributed by atoms with van der Waals surface area (Å²) in [6, 6.07) is 5.52. The summed E-state index contributed by atoms with van der Waals surface area (Å²) >= 11 is 12.0. The van der Waals surface area contributed by atoms with Gasteiger partial charge < -0.3 is 10.2 Å². The summed E-state index contributed by atoms with van der Waals surface area (Å²) < 4.78 is 24.6. The van der Waals surface area contributed by atoms with Crippen LogP contribution in [0.5, 0.6) is 0 Å². The monoisotopic (exact) mass is 408 g/mol. The molecule has 1 N–H and O–H groups in total. The summed E-state index contributed by atoms with van der Waals surface area (Å²) in [7, 11) is 0.490. The molecule has 0 radical (unpaired) electrons. The van der Waals surface area contributed by atoms with Crippen LogP contribution < -0.4 is 5.32 Å². The Morgan fingerprint density at radius 3 is 2.48 bits per heavy atom. The first-order valence-corrected chi connectivity index (χ1v) is 10.6. The highest BCUT2D eigenvalue weighted by Gasteiger charge is 2.13. The highest BCUT2D eigenvalue weighted by molar-refractivity contribution is 7.88. The summed E-state index contributed by atoms with van der Waals surface area (Å²) in [5.41, 5.74) is 1.02. The minimum absolute atomic E-state index is 0.477. The standard InChI is InChI=1S/C16H26Cl2N4O2S/c1-5-22(25(4,23)24)10-6-9-20-16(19-2)21(3)12-13-7-8-14(17)15(18)11-13/h7-8,11H,5-6,9-10,12H2,1-4H3,(H,19,20). The largest absolute Gasteiger partial charge is 0.356 e. The van der Waals surface area contributed by atoms with E-state index in [-0.39, 0.29) is 0 Å². The van der Waals surface area contributed by atoms with Gasteiger partial charge in [0.2, 0.25) is 10.0 Å². The molecule has 9 heteroatoms. The highest BCUT2D eigenvalue weighted by atomic mass is 35.5. The summed E-state index contributed by atoms with van der Waals surface area (Å²) in [6.45, 7) is 4.05. The van der Waals surface area contributed by atoms with Crippen molar-refractivity contribution in [3.63, 3.8) is 0 Å². The average molecular weight is 409 g/mol. The van der Waals surface area contributed by atoms with E-state index in [0.29, 0.717) is 42.6 Å². The number of aliphatic imine (C=N–C) groups is 1. The molecule has 0 bridgehead atoms. The van der Waals surface area contributed by atoms with Gasteiger partial charge in [0.1, 0.15) is 0 Å². The Labute approximate surface area is 160 Å². The Bertz CT molecular complexity index is 695. The number of hydrogen-bond acceptors (Lipinski definition) is 3. The maximum atomic E-state index is 11.6. The van der Waals surface area contributed by atoms with Crippen LogP contribution in [0.3, 0.4) is 0 Å². The predicted octanol–water partition coefficient (Wildman–Crippen LogP) is 2.67. The molecule has 1 aromatic rings. The lowest BCUT2D eigenvalue weighted by Gasteiger charge is -2.23. The van der Waals surface area contributed by atoms with E-state index in [1.807, 2.05) is 31.0 Å². The highest BCUT2D eigenvalue weighted by Crippen LogP contribution is 2.23. The van der Waals surface area contributed by atoms with E-state index < -0.39 is 10.0 Å². The van der Waals surface area contributed by atoms with Crippen molar-refractivity contribution in [2.45, 2.75) is 19.9 Å². The molecule has 1 aromatic carbocycles. The maximum absolute atomic E-state index is 11.6.